The van der Waals surface area contributed by atoms with Crippen molar-refractivity contribution < 1.29 is 5.11 Å². The topological polar surface area (TPSA) is 32.3 Å². The Bertz CT molecular complexity index is 320. The Kier molecular flexibility index (Phi) is 6.88. The van der Waals surface area contributed by atoms with Crippen molar-refractivity contribution in [1.29, 1.82) is 0 Å². The van der Waals surface area contributed by atoms with E-state index in [0.717, 1.165) is 35.2 Å². The van der Waals surface area contributed by atoms with Gasteiger partial charge in [-0.2, -0.15) is 0 Å². The van der Waals surface area contributed by atoms with E-state index in [1.807, 2.05) is 6.07 Å². The molecule has 0 fully saturated rings. The van der Waals surface area contributed by atoms with E-state index in [1.54, 1.807) is 11.8 Å². The molecular formula is C12H18ClNOS. The molecule has 1 rings (SSSR count). The molecule has 0 aliphatic rings. The molecule has 1 aromatic rings. The normalized spacial score (nSPS) is 10.7. The molecule has 0 heterocycles. The molecule has 0 aliphatic heterocycles. The molecule has 0 aliphatic carbocycles. The van der Waals surface area contributed by atoms with Gasteiger partial charge in [0, 0.05) is 23.8 Å². The fourth-order valence-electron chi connectivity index (χ4n) is 1.29. The summed E-state index contributed by atoms with van der Waals surface area (Å²) < 4.78 is 0. The first-order chi connectivity index (χ1) is 7.77. The van der Waals surface area contributed by atoms with Crippen molar-refractivity contribution in [2.75, 3.05) is 18.9 Å². The van der Waals surface area contributed by atoms with E-state index >= 15 is 0 Å². The van der Waals surface area contributed by atoms with Gasteiger partial charge in [0.05, 0.1) is 5.02 Å². The third kappa shape index (κ3) is 4.74. The molecule has 0 saturated carbocycles. The molecule has 4 heteroatoms. The van der Waals surface area contributed by atoms with Crippen LogP contribution in [0.5, 0.6) is 0 Å². The zero-order valence-corrected chi connectivity index (χ0v) is 11.1. The Morgan fingerprint density at radius 2 is 2.25 bits per heavy atom. The van der Waals surface area contributed by atoms with Gasteiger partial charge in [-0.15, -0.1) is 11.8 Å². The summed E-state index contributed by atoms with van der Waals surface area (Å²) in [5.41, 5.74) is 1.21. The first kappa shape index (κ1) is 13.8. The van der Waals surface area contributed by atoms with Gasteiger partial charge in [0.25, 0.3) is 0 Å². The molecular weight excluding hydrogens is 242 g/mol. The van der Waals surface area contributed by atoms with Gasteiger partial charge in [-0.25, -0.2) is 0 Å². The summed E-state index contributed by atoms with van der Waals surface area (Å²) in [5.74, 6) is 0.906. The Balaban J connectivity index is 2.53. The van der Waals surface area contributed by atoms with E-state index < -0.39 is 0 Å². The maximum atomic E-state index is 8.70. The van der Waals surface area contributed by atoms with Crippen LogP contribution < -0.4 is 5.32 Å². The maximum absolute atomic E-state index is 8.70. The molecule has 0 spiro atoms. The van der Waals surface area contributed by atoms with Crippen molar-refractivity contribution in [3.05, 3.63) is 28.8 Å². The number of hydrogen-bond donors (Lipinski definition) is 2. The lowest BCUT2D eigenvalue weighted by atomic mass is 10.2. The highest BCUT2D eigenvalue weighted by atomic mass is 35.5. The fourth-order valence-corrected chi connectivity index (χ4v) is 2.51. The largest absolute Gasteiger partial charge is 0.396 e. The third-order valence-corrected chi connectivity index (χ3v) is 3.72. The summed E-state index contributed by atoms with van der Waals surface area (Å²) in [5, 5.41) is 12.8. The smallest absolute Gasteiger partial charge is 0.0545 e. The number of benzene rings is 1. The number of rotatable bonds is 7. The van der Waals surface area contributed by atoms with E-state index in [0.29, 0.717) is 0 Å². The summed E-state index contributed by atoms with van der Waals surface area (Å²) in [6, 6.07) is 6.15. The van der Waals surface area contributed by atoms with Crippen molar-refractivity contribution in [2.24, 2.45) is 0 Å². The summed E-state index contributed by atoms with van der Waals surface area (Å²) in [7, 11) is 0. The minimum atomic E-state index is 0.239. The van der Waals surface area contributed by atoms with Crippen LogP contribution in [0.15, 0.2) is 23.1 Å². The van der Waals surface area contributed by atoms with Gasteiger partial charge < -0.3 is 10.4 Å². The zero-order valence-electron chi connectivity index (χ0n) is 9.50. The van der Waals surface area contributed by atoms with Crippen molar-refractivity contribution in [3.8, 4) is 0 Å². The van der Waals surface area contributed by atoms with E-state index in [1.165, 1.54) is 5.56 Å². The summed E-state index contributed by atoms with van der Waals surface area (Å²) >= 11 is 7.87. The fraction of sp³-hybridized carbons (Fsp3) is 0.500. The highest BCUT2D eigenvalue weighted by Crippen LogP contribution is 2.28. The van der Waals surface area contributed by atoms with Crippen LogP contribution in [0.3, 0.4) is 0 Å². The predicted octanol–water partition coefficient (Wildman–Crippen LogP) is 2.92. The van der Waals surface area contributed by atoms with Crippen LogP contribution in [0.2, 0.25) is 5.02 Å². The van der Waals surface area contributed by atoms with Crippen LogP contribution in [0.1, 0.15) is 18.9 Å². The van der Waals surface area contributed by atoms with Crippen molar-refractivity contribution in [1.82, 2.24) is 5.32 Å². The zero-order chi connectivity index (χ0) is 11.8. The lowest BCUT2D eigenvalue weighted by molar-refractivity contribution is 0.296. The number of aliphatic hydroxyl groups is 1. The van der Waals surface area contributed by atoms with Gasteiger partial charge in [-0.3, -0.25) is 0 Å². The third-order valence-electron chi connectivity index (χ3n) is 2.14. The molecule has 0 atom stereocenters. The van der Waals surface area contributed by atoms with E-state index in [-0.39, 0.29) is 6.61 Å². The Hall–Kier alpha value is -0.220. The first-order valence-electron chi connectivity index (χ1n) is 5.50. The quantitative estimate of drug-likeness (QED) is 0.583. The highest BCUT2D eigenvalue weighted by Gasteiger charge is 2.02. The second kappa shape index (κ2) is 7.96. The molecule has 0 unspecified atom stereocenters. The van der Waals surface area contributed by atoms with Gasteiger partial charge in [-0.05, 0) is 30.7 Å². The van der Waals surface area contributed by atoms with Gasteiger partial charge in [0.2, 0.25) is 0 Å². The van der Waals surface area contributed by atoms with Gasteiger partial charge in [-0.1, -0.05) is 24.6 Å². The molecule has 90 valence electrons. The first-order valence-corrected chi connectivity index (χ1v) is 6.87. The molecule has 0 bridgehead atoms. The van der Waals surface area contributed by atoms with E-state index in [9.17, 15) is 0 Å². The van der Waals surface area contributed by atoms with Crippen LogP contribution >= 0.6 is 23.4 Å². The molecule has 1 aromatic carbocycles. The predicted molar refractivity (Wildman–Crippen MR) is 71.3 cm³/mol. The molecule has 2 N–H and O–H groups in total. The van der Waals surface area contributed by atoms with Crippen molar-refractivity contribution in [2.45, 2.75) is 24.8 Å². The summed E-state index contributed by atoms with van der Waals surface area (Å²) in [6.07, 6.45) is 0.806. The van der Waals surface area contributed by atoms with Gasteiger partial charge >= 0.3 is 0 Å². The number of halogens is 1. The molecule has 0 aromatic heterocycles. The van der Waals surface area contributed by atoms with Crippen LogP contribution in [0.4, 0.5) is 0 Å². The second-order valence-corrected chi connectivity index (χ2v) is 5.01. The second-order valence-electron chi connectivity index (χ2n) is 3.47. The van der Waals surface area contributed by atoms with Crippen molar-refractivity contribution in [3.63, 3.8) is 0 Å². The average molecular weight is 260 g/mol. The monoisotopic (exact) mass is 259 g/mol. The summed E-state index contributed by atoms with van der Waals surface area (Å²) in [4.78, 5) is 1.09. The summed E-state index contributed by atoms with van der Waals surface area (Å²) in [6.45, 7) is 4.15. The maximum Gasteiger partial charge on any atom is 0.0545 e. The lowest BCUT2D eigenvalue weighted by Gasteiger charge is -2.07. The number of nitrogens with one attached hydrogen (secondary N) is 1. The van der Waals surface area contributed by atoms with Crippen LogP contribution in [0, 0.1) is 0 Å². The Labute approximate surface area is 106 Å². The van der Waals surface area contributed by atoms with Crippen LogP contribution in [0.25, 0.3) is 0 Å². The molecule has 16 heavy (non-hydrogen) atoms. The van der Waals surface area contributed by atoms with E-state index in [2.05, 4.69) is 24.4 Å². The number of aliphatic hydroxyl groups excluding tert-OH is 1. The van der Waals surface area contributed by atoms with Gasteiger partial charge in [0.1, 0.15) is 0 Å². The molecule has 0 radical (unpaired) electrons. The standard InChI is InChI=1S/C12H18ClNOS/c1-2-14-9-10-4-5-12(11(13)8-10)16-7-3-6-15/h4-5,8,14-15H,2-3,6-7,9H2,1H3. The van der Waals surface area contributed by atoms with Crippen LogP contribution in [-0.2, 0) is 6.54 Å². The van der Waals surface area contributed by atoms with E-state index in [4.69, 9.17) is 16.7 Å². The van der Waals surface area contributed by atoms with Crippen LogP contribution in [-0.4, -0.2) is 24.0 Å². The number of hydrogen-bond acceptors (Lipinski definition) is 3. The highest BCUT2D eigenvalue weighted by molar-refractivity contribution is 7.99. The minimum Gasteiger partial charge on any atom is -0.396 e. The Morgan fingerprint density at radius 1 is 1.44 bits per heavy atom. The molecule has 0 saturated heterocycles. The Morgan fingerprint density at radius 3 is 2.88 bits per heavy atom. The minimum absolute atomic E-state index is 0.239. The van der Waals surface area contributed by atoms with Crippen molar-refractivity contribution >= 4 is 23.4 Å². The molecule has 0 amide bonds. The number of thioether (sulfide) groups is 1. The SMILES string of the molecule is CCNCc1ccc(SCCCO)c(Cl)c1. The van der Waals surface area contributed by atoms with Gasteiger partial charge in [0.15, 0.2) is 0 Å². The lowest BCUT2D eigenvalue weighted by Crippen LogP contribution is -2.11. The average Bonchev–Trinajstić information content (AvgIpc) is 2.29. The molecule has 2 nitrogen and oxygen atoms in total.